The Labute approximate surface area is 98.3 Å². The Morgan fingerprint density at radius 1 is 1.35 bits per heavy atom. The number of rotatable bonds is 5. The average Bonchev–Trinajstić information content (AvgIpc) is 2.28. The van der Waals surface area contributed by atoms with Crippen LogP contribution < -0.4 is 11.1 Å². The summed E-state index contributed by atoms with van der Waals surface area (Å²) in [6, 6.07) is -1.25. The van der Waals surface area contributed by atoms with E-state index in [0.717, 1.165) is 0 Å². The van der Waals surface area contributed by atoms with Crippen LogP contribution in [0.15, 0.2) is 0 Å². The molecule has 1 aliphatic rings. The summed E-state index contributed by atoms with van der Waals surface area (Å²) >= 11 is 0. The Bertz CT molecular complexity index is 312. The highest BCUT2D eigenvalue weighted by Gasteiger charge is 2.27. The van der Waals surface area contributed by atoms with Crippen LogP contribution in [0.4, 0.5) is 0 Å². The topological polar surface area (TPSA) is 119 Å². The highest BCUT2D eigenvalue weighted by molar-refractivity contribution is 5.88. The number of aliphatic carboxylic acids is 1. The van der Waals surface area contributed by atoms with Gasteiger partial charge in [-0.15, -0.1) is 0 Å². The van der Waals surface area contributed by atoms with Gasteiger partial charge in [-0.2, -0.15) is 0 Å². The molecule has 17 heavy (non-hydrogen) atoms. The van der Waals surface area contributed by atoms with Gasteiger partial charge < -0.3 is 20.9 Å². The van der Waals surface area contributed by atoms with Crippen molar-refractivity contribution >= 4 is 17.8 Å². The van der Waals surface area contributed by atoms with Gasteiger partial charge in [-0.05, 0) is 12.8 Å². The highest BCUT2D eigenvalue weighted by Crippen LogP contribution is 2.14. The molecule has 0 spiro atoms. The van der Waals surface area contributed by atoms with E-state index in [-0.39, 0.29) is 11.8 Å². The molecule has 4 N–H and O–H groups in total. The molecule has 1 aliphatic heterocycles. The molecule has 7 nitrogen and oxygen atoms in total. The zero-order chi connectivity index (χ0) is 12.8. The summed E-state index contributed by atoms with van der Waals surface area (Å²) in [5.74, 6) is -2.63. The van der Waals surface area contributed by atoms with E-state index in [2.05, 4.69) is 5.32 Å². The van der Waals surface area contributed by atoms with Gasteiger partial charge in [-0.1, -0.05) is 0 Å². The lowest BCUT2D eigenvalue weighted by Crippen LogP contribution is -2.46. The number of hydrogen-bond acceptors (Lipinski definition) is 4. The summed E-state index contributed by atoms with van der Waals surface area (Å²) in [4.78, 5) is 33.2. The van der Waals surface area contributed by atoms with Crippen molar-refractivity contribution in [2.45, 2.75) is 25.3 Å². The molecule has 1 atom stereocenters. The number of primary amides is 1. The molecular weight excluding hydrogens is 228 g/mol. The summed E-state index contributed by atoms with van der Waals surface area (Å²) < 4.78 is 5.10. The van der Waals surface area contributed by atoms with Gasteiger partial charge in [0.1, 0.15) is 6.04 Å². The molecule has 1 fully saturated rings. The fraction of sp³-hybridized carbons (Fsp3) is 0.700. The Kier molecular flexibility index (Phi) is 4.89. The molecule has 2 amide bonds. The van der Waals surface area contributed by atoms with Gasteiger partial charge in [-0.25, -0.2) is 4.79 Å². The van der Waals surface area contributed by atoms with Gasteiger partial charge in [0.25, 0.3) is 0 Å². The maximum absolute atomic E-state index is 11.7. The number of carboxylic acids is 1. The number of hydrogen-bond donors (Lipinski definition) is 3. The average molecular weight is 244 g/mol. The number of carbonyl (C=O) groups is 3. The largest absolute Gasteiger partial charge is 0.480 e. The molecule has 96 valence electrons. The van der Waals surface area contributed by atoms with Crippen molar-refractivity contribution < 1.29 is 24.2 Å². The fourth-order valence-corrected chi connectivity index (χ4v) is 1.65. The van der Waals surface area contributed by atoms with Crippen molar-refractivity contribution in [3.05, 3.63) is 0 Å². The lowest BCUT2D eigenvalue weighted by atomic mass is 9.99. The van der Waals surface area contributed by atoms with Crippen molar-refractivity contribution in [2.75, 3.05) is 13.2 Å². The second kappa shape index (κ2) is 6.19. The number of carboxylic acid groups (broad SMARTS) is 1. The van der Waals surface area contributed by atoms with Crippen molar-refractivity contribution in [3.8, 4) is 0 Å². The summed E-state index contributed by atoms with van der Waals surface area (Å²) in [5.41, 5.74) is 4.91. The first kappa shape index (κ1) is 13.4. The Morgan fingerprint density at radius 2 is 1.94 bits per heavy atom. The van der Waals surface area contributed by atoms with Crippen molar-refractivity contribution in [3.63, 3.8) is 0 Å². The van der Waals surface area contributed by atoms with Crippen LogP contribution in [-0.4, -0.2) is 42.1 Å². The number of nitrogens with two attached hydrogens (primary N) is 1. The molecule has 0 radical (unpaired) electrons. The summed E-state index contributed by atoms with van der Waals surface area (Å²) in [6.07, 6.45) is 0.730. The molecule has 0 unspecified atom stereocenters. The minimum atomic E-state index is -1.26. The van der Waals surface area contributed by atoms with Gasteiger partial charge in [0, 0.05) is 19.1 Å². The molecule has 1 rings (SSSR count). The molecule has 0 saturated carbocycles. The summed E-state index contributed by atoms with van der Waals surface area (Å²) in [5, 5.41) is 11.1. The molecule has 0 aromatic heterocycles. The lowest BCUT2D eigenvalue weighted by molar-refractivity contribution is -0.144. The van der Waals surface area contributed by atoms with E-state index in [1.807, 2.05) is 0 Å². The van der Waals surface area contributed by atoms with E-state index in [1.54, 1.807) is 0 Å². The third-order valence-electron chi connectivity index (χ3n) is 2.61. The Hall–Kier alpha value is -1.63. The number of ether oxygens (including phenoxy) is 1. The predicted molar refractivity (Wildman–Crippen MR) is 56.9 cm³/mol. The molecule has 7 heteroatoms. The van der Waals surface area contributed by atoms with E-state index in [9.17, 15) is 14.4 Å². The van der Waals surface area contributed by atoms with Crippen LogP contribution in [0.3, 0.4) is 0 Å². The standard InChI is InChI=1S/C10H16N2O5/c11-8(13)5-7(10(15)16)12-9(14)6-1-3-17-4-2-6/h6-7H,1-5H2,(H2,11,13)(H,12,14)(H,15,16)/t7-/m0/s1. The summed E-state index contributed by atoms with van der Waals surface area (Å²) in [7, 11) is 0. The van der Waals surface area contributed by atoms with E-state index in [4.69, 9.17) is 15.6 Å². The van der Waals surface area contributed by atoms with Gasteiger partial charge in [-0.3, -0.25) is 9.59 Å². The molecule has 0 aromatic rings. The monoisotopic (exact) mass is 244 g/mol. The van der Waals surface area contributed by atoms with Crippen LogP contribution in [0.25, 0.3) is 0 Å². The van der Waals surface area contributed by atoms with Gasteiger partial charge >= 0.3 is 5.97 Å². The van der Waals surface area contributed by atoms with Crippen LogP contribution >= 0.6 is 0 Å². The zero-order valence-electron chi connectivity index (χ0n) is 9.35. The predicted octanol–water partition coefficient (Wildman–Crippen LogP) is -1.14. The van der Waals surface area contributed by atoms with E-state index in [0.29, 0.717) is 26.1 Å². The minimum absolute atomic E-state index is 0.251. The Balaban J connectivity index is 2.50. The number of nitrogens with one attached hydrogen (secondary N) is 1. The van der Waals surface area contributed by atoms with Gasteiger partial charge in [0.05, 0.1) is 6.42 Å². The summed E-state index contributed by atoms with van der Waals surface area (Å²) in [6.45, 7) is 0.983. The van der Waals surface area contributed by atoms with Crippen molar-refractivity contribution in [1.82, 2.24) is 5.32 Å². The quantitative estimate of drug-likeness (QED) is 0.564. The molecule has 0 aliphatic carbocycles. The molecule has 0 aromatic carbocycles. The normalized spacial score (nSPS) is 18.4. The van der Waals surface area contributed by atoms with Crippen LogP contribution in [0.2, 0.25) is 0 Å². The first-order valence-electron chi connectivity index (χ1n) is 5.40. The minimum Gasteiger partial charge on any atom is -0.480 e. The first-order valence-corrected chi connectivity index (χ1v) is 5.40. The van der Waals surface area contributed by atoms with Crippen molar-refractivity contribution in [2.24, 2.45) is 11.7 Å². The number of carbonyl (C=O) groups excluding carboxylic acids is 2. The Morgan fingerprint density at radius 3 is 2.41 bits per heavy atom. The van der Waals surface area contributed by atoms with E-state index in [1.165, 1.54) is 0 Å². The second-order valence-electron chi connectivity index (χ2n) is 3.96. The zero-order valence-corrected chi connectivity index (χ0v) is 9.35. The lowest BCUT2D eigenvalue weighted by Gasteiger charge is -2.23. The van der Waals surface area contributed by atoms with Crippen LogP contribution in [0.5, 0.6) is 0 Å². The highest BCUT2D eigenvalue weighted by atomic mass is 16.5. The smallest absolute Gasteiger partial charge is 0.326 e. The molecule has 1 saturated heterocycles. The van der Waals surface area contributed by atoms with Crippen molar-refractivity contribution in [1.29, 1.82) is 0 Å². The van der Waals surface area contributed by atoms with Crippen LogP contribution in [0, 0.1) is 5.92 Å². The maximum atomic E-state index is 11.7. The maximum Gasteiger partial charge on any atom is 0.326 e. The van der Waals surface area contributed by atoms with Gasteiger partial charge in [0.2, 0.25) is 11.8 Å². The van der Waals surface area contributed by atoms with Gasteiger partial charge in [0.15, 0.2) is 0 Å². The molecule has 1 heterocycles. The SMILES string of the molecule is NC(=O)C[C@H](NC(=O)C1CCOCC1)C(=O)O. The third-order valence-corrected chi connectivity index (χ3v) is 2.61. The molecule has 0 bridgehead atoms. The number of amides is 2. The second-order valence-corrected chi connectivity index (χ2v) is 3.96. The van der Waals surface area contributed by atoms with E-state index >= 15 is 0 Å². The molecular formula is C10H16N2O5. The fourth-order valence-electron chi connectivity index (χ4n) is 1.65. The van der Waals surface area contributed by atoms with Crippen LogP contribution in [-0.2, 0) is 19.1 Å². The first-order chi connectivity index (χ1) is 8.00. The third kappa shape index (κ3) is 4.39. The van der Waals surface area contributed by atoms with Crippen LogP contribution in [0.1, 0.15) is 19.3 Å². The van der Waals surface area contributed by atoms with E-state index < -0.39 is 24.3 Å².